The van der Waals surface area contributed by atoms with E-state index < -0.39 is 0 Å². The Bertz CT molecular complexity index is 179. The Hall–Kier alpha value is -0.0800. The first kappa shape index (κ1) is 12.0. The van der Waals surface area contributed by atoms with E-state index in [1.807, 2.05) is 0 Å². The smallest absolute Gasteiger partial charge is 0.0682 e. The van der Waals surface area contributed by atoms with Crippen molar-refractivity contribution < 1.29 is 0 Å². The average molecular weight is 198 g/mol. The van der Waals surface area contributed by atoms with Crippen molar-refractivity contribution in [2.24, 2.45) is 17.6 Å². The predicted molar refractivity (Wildman–Crippen MR) is 62.0 cm³/mol. The number of nitrogens with zero attached hydrogens (tertiary/aromatic N) is 1. The molecule has 1 aliphatic rings. The highest BCUT2D eigenvalue weighted by atomic mass is 15.2. The van der Waals surface area contributed by atoms with Crippen LogP contribution in [0.2, 0.25) is 0 Å². The molecule has 1 fully saturated rings. The molecule has 0 bridgehead atoms. The van der Waals surface area contributed by atoms with Crippen molar-refractivity contribution in [1.82, 2.24) is 4.90 Å². The third-order valence-corrected chi connectivity index (χ3v) is 4.10. The minimum absolute atomic E-state index is 0.0381. The Morgan fingerprint density at radius 2 is 2.07 bits per heavy atom. The Morgan fingerprint density at radius 3 is 2.57 bits per heavy atom. The summed E-state index contributed by atoms with van der Waals surface area (Å²) in [5.74, 6) is 1.68. The topological polar surface area (TPSA) is 29.3 Å². The van der Waals surface area contributed by atoms with Gasteiger partial charge in [-0.3, -0.25) is 4.90 Å². The molecule has 0 saturated carbocycles. The molecule has 1 aliphatic heterocycles. The zero-order chi connectivity index (χ0) is 10.8. The molecule has 2 heteroatoms. The van der Waals surface area contributed by atoms with E-state index in [0.717, 1.165) is 31.2 Å². The van der Waals surface area contributed by atoms with Crippen molar-refractivity contribution in [3.05, 3.63) is 0 Å². The van der Waals surface area contributed by atoms with E-state index in [1.165, 1.54) is 12.8 Å². The quantitative estimate of drug-likeness (QED) is 0.738. The molecule has 0 aromatic heterocycles. The SMILES string of the molecule is CCC1(N)CCC(C(C)C)CCN1C. The second-order valence-electron chi connectivity index (χ2n) is 5.21. The van der Waals surface area contributed by atoms with E-state index in [0.29, 0.717) is 0 Å². The van der Waals surface area contributed by atoms with Crippen LogP contribution in [0.5, 0.6) is 0 Å². The van der Waals surface area contributed by atoms with Gasteiger partial charge in [0.1, 0.15) is 0 Å². The molecule has 2 atom stereocenters. The van der Waals surface area contributed by atoms with Crippen LogP contribution >= 0.6 is 0 Å². The van der Waals surface area contributed by atoms with Crippen molar-refractivity contribution >= 4 is 0 Å². The molecule has 2 nitrogen and oxygen atoms in total. The van der Waals surface area contributed by atoms with Crippen molar-refractivity contribution in [3.63, 3.8) is 0 Å². The number of nitrogens with two attached hydrogens (primary N) is 1. The lowest BCUT2D eigenvalue weighted by Crippen LogP contribution is -2.53. The predicted octanol–water partition coefficient (Wildman–Crippen LogP) is 2.44. The average Bonchev–Trinajstić information content (AvgIpc) is 2.29. The summed E-state index contributed by atoms with van der Waals surface area (Å²) in [6.07, 6.45) is 4.83. The second kappa shape index (κ2) is 4.63. The van der Waals surface area contributed by atoms with Gasteiger partial charge in [0.25, 0.3) is 0 Å². The monoisotopic (exact) mass is 198 g/mol. The highest BCUT2D eigenvalue weighted by molar-refractivity contribution is 4.86. The maximum Gasteiger partial charge on any atom is 0.0682 e. The summed E-state index contributed by atoms with van der Waals surface area (Å²) in [5.41, 5.74) is 6.35. The molecule has 0 amide bonds. The van der Waals surface area contributed by atoms with Crippen molar-refractivity contribution in [2.75, 3.05) is 13.6 Å². The van der Waals surface area contributed by atoms with Crippen LogP contribution in [0, 0.1) is 11.8 Å². The highest BCUT2D eigenvalue weighted by Crippen LogP contribution is 2.31. The van der Waals surface area contributed by atoms with Gasteiger partial charge < -0.3 is 5.73 Å². The largest absolute Gasteiger partial charge is 0.313 e. The standard InChI is InChI=1S/C12H26N2/c1-5-12(13)8-6-11(10(2)3)7-9-14(12)4/h10-11H,5-9,13H2,1-4H3. The fraction of sp³-hybridized carbons (Fsp3) is 1.00. The van der Waals surface area contributed by atoms with Crippen LogP contribution in [0.1, 0.15) is 46.5 Å². The summed E-state index contributed by atoms with van der Waals surface area (Å²) in [7, 11) is 2.17. The lowest BCUT2D eigenvalue weighted by molar-refractivity contribution is 0.121. The Balaban J connectivity index is 2.62. The van der Waals surface area contributed by atoms with Crippen LogP contribution in [0.4, 0.5) is 0 Å². The Labute approximate surface area is 88.8 Å². The maximum absolute atomic E-state index is 6.39. The van der Waals surface area contributed by atoms with E-state index in [2.05, 4.69) is 32.7 Å². The lowest BCUT2D eigenvalue weighted by atomic mass is 9.87. The molecular formula is C12H26N2. The van der Waals surface area contributed by atoms with Crippen molar-refractivity contribution in [2.45, 2.75) is 52.1 Å². The first-order valence-corrected chi connectivity index (χ1v) is 5.99. The summed E-state index contributed by atoms with van der Waals surface area (Å²) in [4.78, 5) is 2.36. The summed E-state index contributed by atoms with van der Waals surface area (Å²) >= 11 is 0. The van der Waals surface area contributed by atoms with Gasteiger partial charge in [-0.05, 0) is 51.1 Å². The number of hydrogen-bond donors (Lipinski definition) is 1. The molecule has 0 aromatic rings. The molecule has 0 radical (unpaired) electrons. The minimum atomic E-state index is -0.0381. The van der Waals surface area contributed by atoms with Crippen LogP contribution in [0.3, 0.4) is 0 Å². The fourth-order valence-corrected chi connectivity index (χ4v) is 2.47. The third kappa shape index (κ3) is 2.48. The molecule has 0 aliphatic carbocycles. The van der Waals surface area contributed by atoms with E-state index in [1.54, 1.807) is 0 Å². The first-order valence-electron chi connectivity index (χ1n) is 5.99. The second-order valence-corrected chi connectivity index (χ2v) is 5.21. The third-order valence-electron chi connectivity index (χ3n) is 4.10. The molecule has 2 unspecified atom stereocenters. The van der Waals surface area contributed by atoms with Gasteiger partial charge in [-0.25, -0.2) is 0 Å². The Morgan fingerprint density at radius 1 is 1.43 bits per heavy atom. The van der Waals surface area contributed by atoms with Gasteiger partial charge in [0.2, 0.25) is 0 Å². The zero-order valence-corrected chi connectivity index (χ0v) is 10.2. The molecule has 0 spiro atoms. The van der Waals surface area contributed by atoms with Gasteiger partial charge in [-0.2, -0.15) is 0 Å². The molecule has 1 saturated heterocycles. The summed E-state index contributed by atoms with van der Waals surface area (Å²) in [6.45, 7) is 8.03. The van der Waals surface area contributed by atoms with E-state index in [4.69, 9.17) is 5.73 Å². The van der Waals surface area contributed by atoms with Gasteiger partial charge in [-0.1, -0.05) is 20.8 Å². The maximum atomic E-state index is 6.39. The Kier molecular flexibility index (Phi) is 3.96. The molecule has 1 heterocycles. The first-order chi connectivity index (χ1) is 6.49. The number of rotatable bonds is 2. The summed E-state index contributed by atoms with van der Waals surface area (Å²) < 4.78 is 0. The van der Waals surface area contributed by atoms with E-state index >= 15 is 0 Å². The van der Waals surface area contributed by atoms with Gasteiger partial charge in [0.05, 0.1) is 5.66 Å². The van der Waals surface area contributed by atoms with Crippen LogP contribution < -0.4 is 5.73 Å². The molecule has 2 N–H and O–H groups in total. The zero-order valence-electron chi connectivity index (χ0n) is 10.2. The minimum Gasteiger partial charge on any atom is -0.313 e. The fourth-order valence-electron chi connectivity index (χ4n) is 2.47. The van der Waals surface area contributed by atoms with Gasteiger partial charge in [-0.15, -0.1) is 0 Å². The summed E-state index contributed by atoms with van der Waals surface area (Å²) in [5, 5.41) is 0. The highest BCUT2D eigenvalue weighted by Gasteiger charge is 2.32. The van der Waals surface area contributed by atoms with Crippen LogP contribution in [0.15, 0.2) is 0 Å². The van der Waals surface area contributed by atoms with Crippen molar-refractivity contribution in [1.29, 1.82) is 0 Å². The molecule has 84 valence electrons. The van der Waals surface area contributed by atoms with Crippen LogP contribution in [-0.2, 0) is 0 Å². The van der Waals surface area contributed by atoms with Gasteiger partial charge >= 0.3 is 0 Å². The van der Waals surface area contributed by atoms with Crippen LogP contribution in [0.25, 0.3) is 0 Å². The number of hydrogen-bond acceptors (Lipinski definition) is 2. The molecule has 0 aromatic carbocycles. The van der Waals surface area contributed by atoms with Crippen LogP contribution in [-0.4, -0.2) is 24.2 Å². The van der Waals surface area contributed by atoms with Gasteiger partial charge in [0, 0.05) is 0 Å². The van der Waals surface area contributed by atoms with Gasteiger partial charge in [0.15, 0.2) is 0 Å². The normalized spacial score (nSPS) is 36.0. The lowest BCUT2D eigenvalue weighted by Gasteiger charge is -2.36. The molecule has 14 heavy (non-hydrogen) atoms. The van der Waals surface area contributed by atoms with Crippen molar-refractivity contribution in [3.8, 4) is 0 Å². The summed E-state index contributed by atoms with van der Waals surface area (Å²) in [6, 6.07) is 0. The number of likely N-dealkylation sites (tertiary alicyclic amines) is 1. The molecule has 1 rings (SSSR count). The van der Waals surface area contributed by atoms with E-state index in [-0.39, 0.29) is 5.66 Å². The van der Waals surface area contributed by atoms with E-state index in [9.17, 15) is 0 Å². The molecular weight excluding hydrogens is 172 g/mol.